The number of rotatable bonds is 2. The molecule has 0 spiro atoms. The Morgan fingerprint density at radius 3 is 2.74 bits per heavy atom. The molecule has 3 nitrogen and oxygen atoms in total. The lowest BCUT2D eigenvalue weighted by Crippen LogP contribution is -2.35. The van der Waals surface area contributed by atoms with E-state index in [2.05, 4.69) is 29.1 Å². The first-order chi connectivity index (χ1) is 9.24. The molecule has 1 N–H and O–H groups in total. The maximum absolute atomic E-state index is 4.66. The van der Waals surface area contributed by atoms with E-state index in [1.165, 1.54) is 19.3 Å². The lowest BCUT2D eigenvalue weighted by Gasteiger charge is -2.34. The number of benzene rings is 1. The quantitative estimate of drug-likeness (QED) is 0.885. The fraction of sp³-hybridized carbons (Fsp3) is 0.500. The Kier molecular flexibility index (Phi) is 3.36. The van der Waals surface area contributed by atoms with Crippen molar-refractivity contribution >= 4 is 16.9 Å². The SMILES string of the molecule is CC1CCCC(Nc2cnc3ccccc3n2)C1C. The molecule has 2 aromatic rings. The summed E-state index contributed by atoms with van der Waals surface area (Å²) in [5, 5.41) is 3.58. The first-order valence-corrected chi connectivity index (χ1v) is 7.22. The molecule has 1 aromatic carbocycles. The molecule has 1 aliphatic carbocycles. The van der Waals surface area contributed by atoms with Crippen LogP contribution in [0.15, 0.2) is 30.5 Å². The van der Waals surface area contributed by atoms with Crippen molar-refractivity contribution in [1.82, 2.24) is 9.97 Å². The van der Waals surface area contributed by atoms with Crippen molar-refractivity contribution < 1.29 is 0 Å². The van der Waals surface area contributed by atoms with Gasteiger partial charge in [-0.25, -0.2) is 4.98 Å². The van der Waals surface area contributed by atoms with Gasteiger partial charge in [-0.1, -0.05) is 38.8 Å². The molecule has 0 aliphatic heterocycles. The second kappa shape index (κ2) is 5.16. The van der Waals surface area contributed by atoms with Gasteiger partial charge in [0.05, 0.1) is 17.2 Å². The van der Waals surface area contributed by atoms with Gasteiger partial charge in [-0.15, -0.1) is 0 Å². The Bertz CT molecular complexity index is 567. The molecule has 3 atom stereocenters. The number of fused-ring (bicyclic) bond motifs is 1. The van der Waals surface area contributed by atoms with Crippen LogP contribution in [0, 0.1) is 11.8 Å². The standard InChI is InChI=1S/C16H21N3/c1-11-6-5-9-13(12(11)2)18-16-10-17-14-7-3-4-8-15(14)19-16/h3-4,7-8,10-13H,5-6,9H2,1-2H3,(H,18,19). The number of anilines is 1. The van der Waals surface area contributed by atoms with Crippen LogP contribution in [0.5, 0.6) is 0 Å². The van der Waals surface area contributed by atoms with E-state index in [1.807, 2.05) is 30.5 Å². The van der Waals surface area contributed by atoms with Gasteiger partial charge < -0.3 is 5.32 Å². The van der Waals surface area contributed by atoms with Crippen molar-refractivity contribution in [2.24, 2.45) is 11.8 Å². The highest BCUT2D eigenvalue weighted by atomic mass is 15.0. The predicted octanol–water partition coefficient (Wildman–Crippen LogP) is 3.87. The first-order valence-electron chi connectivity index (χ1n) is 7.22. The van der Waals surface area contributed by atoms with E-state index < -0.39 is 0 Å². The molecule has 100 valence electrons. The minimum absolute atomic E-state index is 0.527. The van der Waals surface area contributed by atoms with Crippen molar-refractivity contribution in [1.29, 1.82) is 0 Å². The fourth-order valence-corrected chi connectivity index (χ4v) is 3.00. The number of hydrogen-bond acceptors (Lipinski definition) is 3. The van der Waals surface area contributed by atoms with Crippen LogP contribution in [0.2, 0.25) is 0 Å². The monoisotopic (exact) mass is 255 g/mol. The van der Waals surface area contributed by atoms with Crippen LogP contribution in [-0.4, -0.2) is 16.0 Å². The maximum Gasteiger partial charge on any atom is 0.145 e. The molecule has 1 saturated carbocycles. The second-order valence-corrected chi connectivity index (χ2v) is 5.76. The molecule has 3 rings (SSSR count). The zero-order valence-electron chi connectivity index (χ0n) is 11.6. The van der Waals surface area contributed by atoms with Gasteiger partial charge in [0, 0.05) is 6.04 Å². The third-order valence-electron chi connectivity index (χ3n) is 4.49. The Morgan fingerprint density at radius 2 is 1.89 bits per heavy atom. The Hall–Kier alpha value is -1.64. The minimum Gasteiger partial charge on any atom is -0.366 e. The minimum atomic E-state index is 0.527. The Labute approximate surface area is 114 Å². The summed E-state index contributed by atoms with van der Waals surface area (Å²) < 4.78 is 0. The van der Waals surface area contributed by atoms with E-state index in [0.717, 1.165) is 22.8 Å². The highest BCUT2D eigenvalue weighted by Gasteiger charge is 2.27. The third kappa shape index (κ3) is 2.55. The number of nitrogens with one attached hydrogen (secondary N) is 1. The molecule has 3 heteroatoms. The van der Waals surface area contributed by atoms with E-state index in [-0.39, 0.29) is 0 Å². The average molecular weight is 255 g/mol. The van der Waals surface area contributed by atoms with Crippen LogP contribution in [0.4, 0.5) is 5.82 Å². The largest absolute Gasteiger partial charge is 0.366 e. The molecule has 0 bridgehead atoms. The summed E-state index contributed by atoms with van der Waals surface area (Å²) in [5.41, 5.74) is 1.92. The third-order valence-corrected chi connectivity index (χ3v) is 4.49. The van der Waals surface area contributed by atoms with Gasteiger partial charge in [0.1, 0.15) is 5.82 Å². The number of hydrogen-bond donors (Lipinski definition) is 1. The zero-order valence-corrected chi connectivity index (χ0v) is 11.6. The average Bonchev–Trinajstić information content (AvgIpc) is 2.44. The Balaban J connectivity index is 1.81. The molecule has 1 fully saturated rings. The van der Waals surface area contributed by atoms with Crippen LogP contribution in [-0.2, 0) is 0 Å². The summed E-state index contributed by atoms with van der Waals surface area (Å²) in [4.78, 5) is 9.12. The lowest BCUT2D eigenvalue weighted by molar-refractivity contribution is 0.253. The van der Waals surface area contributed by atoms with Gasteiger partial charge in [-0.3, -0.25) is 4.98 Å². The van der Waals surface area contributed by atoms with Crippen LogP contribution in [0.1, 0.15) is 33.1 Å². The number of aromatic nitrogens is 2. The van der Waals surface area contributed by atoms with Crippen LogP contribution < -0.4 is 5.32 Å². The summed E-state index contributed by atoms with van der Waals surface area (Å²) in [7, 11) is 0. The van der Waals surface area contributed by atoms with Crippen LogP contribution in [0.3, 0.4) is 0 Å². The molecular weight excluding hydrogens is 234 g/mol. The van der Waals surface area contributed by atoms with E-state index in [0.29, 0.717) is 12.0 Å². The molecule has 0 amide bonds. The topological polar surface area (TPSA) is 37.8 Å². The molecule has 1 aromatic heterocycles. The highest BCUT2D eigenvalue weighted by Crippen LogP contribution is 2.31. The molecule has 0 saturated heterocycles. The van der Waals surface area contributed by atoms with Gasteiger partial charge in [0.25, 0.3) is 0 Å². The van der Waals surface area contributed by atoms with Crippen molar-refractivity contribution in [2.75, 3.05) is 5.32 Å². The van der Waals surface area contributed by atoms with E-state index in [9.17, 15) is 0 Å². The predicted molar refractivity (Wildman–Crippen MR) is 79.1 cm³/mol. The van der Waals surface area contributed by atoms with Crippen LogP contribution >= 0.6 is 0 Å². The summed E-state index contributed by atoms with van der Waals surface area (Å²) in [6, 6.07) is 8.54. The number of para-hydroxylation sites is 2. The van der Waals surface area contributed by atoms with E-state index in [1.54, 1.807) is 0 Å². The van der Waals surface area contributed by atoms with Crippen molar-refractivity contribution in [2.45, 2.75) is 39.2 Å². The summed E-state index contributed by atoms with van der Waals surface area (Å²) >= 11 is 0. The van der Waals surface area contributed by atoms with Gasteiger partial charge in [0.2, 0.25) is 0 Å². The normalized spacial score (nSPS) is 27.4. The van der Waals surface area contributed by atoms with E-state index in [4.69, 9.17) is 0 Å². The van der Waals surface area contributed by atoms with Gasteiger partial charge in [-0.2, -0.15) is 0 Å². The molecular formula is C16H21N3. The molecule has 1 heterocycles. The molecule has 0 radical (unpaired) electrons. The van der Waals surface area contributed by atoms with Gasteiger partial charge >= 0.3 is 0 Å². The summed E-state index contributed by atoms with van der Waals surface area (Å²) in [6.07, 6.45) is 5.75. The smallest absolute Gasteiger partial charge is 0.145 e. The van der Waals surface area contributed by atoms with Gasteiger partial charge in [-0.05, 0) is 30.4 Å². The maximum atomic E-state index is 4.66. The van der Waals surface area contributed by atoms with E-state index >= 15 is 0 Å². The van der Waals surface area contributed by atoms with Gasteiger partial charge in [0.15, 0.2) is 0 Å². The molecule has 19 heavy (non-hydrogen) atoms. The number of nitrogens with zero attached hydrogens (tertiary/aromatic N) is 2. The first kappa shape index (κ1) is 12.4. The van der Waals surface area contributed by atoms with Crippen molar-refractivity contribution in [3.63, 3.8) is 0 Å². The van der Waals surface area contributed by atoms with Crippen LogP contribution in [0.25, 0.3) is 11.0 Å². The molecule has 3 unspecified atom stereocenters. The van der Waals surface area contributed by atoms with Crippen molar-refractivity contribution in [3.05, 3.63) is 30.5 Å². The second-order valence-electron chi connectivity index (χ2n) is 5.76. The van der Waals surface area contributed by atoms with Crippen molar-refractivity contribution in [3.8, 4) is 0 Å². The molecule has 1 aliphatic rings. The summed E-state index contributed by atoms with van der Waals surface area (Å²) in [5.74, 6) is 2.39. The Morgan fingerprint density at radius 1 is 1.11 bits per heavy atom. The highest BCUT2D eigenvalue weighted by molar-refractivity contribution is 5.75. The zero-order chi connectivity index (χ0) is 13.2. The lowest BCUT2D eigenvalue weighted by atomic mass is 9.78. The fourth-order valence-electron chi connectivity index (χ4n) is 3.00. The summed E-state index contributed by atoms with van der Waals surface area (Å²) in [6.45, 7) is 4.69.